The lowest BCUT2D eigenvalue weighted by Crippen LogP contribution is -2.54. The third-order valence-corrected chi connectivity index (χ3v) is 5.47. The molecule has 0 radical (unpaired) electrons. The molecule has 148 valence electrons. The molecule has 0 aliphatic carbocycles. The van der Waals surface area contributed by atoms with E-state index >= 15 is 0 Å². The van der Waals surface area contributed by atoms with Gasteiger partial charge in [-0.05, 0) is 31.5 Å². The first kappa shape index (κ1) is 18.6. The summed E-state index contributed by atoms with van der Waals surface area (Å²) in [4.78, 5) is 52.2. The van der Waals surface area contributed by atoms with Gasteiger partial charge in [0.25, 0.3) is 11.8 Å². The maximum atomic E-state index is 12.9. The van der Waals surface area contributed by atoms with Crippen LogP contribution in [-0.4, -0.2) is 66.4 Å². The van der Waals surface area contributed by atoms with Crippen LogP contribution in [0.15, 0.2) is 18.2 Å². The summed E-state index contributed by atoms with van der Waals surface area (Å²) in [6.07, 6.45) is 0.128. The summed E-state index contributed by atoms with van der Waals surface area (Å²) in [7, 11) is 0. The number of anilines is 1. The van der Waals surface area contributed by atoms with Crippen molar-refractivity contribution in [2.24, 2.45) is 5.73 Å². The van der Waals surface area contributed by atoms with Gasteiger partial charge in [0.15, 0.2) is 0 Å². The monoisotopic (exact) mass is 386 g/mol. The van der Waals surface area contributed by atoms with Crippen LogP contribution in [0, 0.1) is 0 Å². The molecule has 3 N–H and O–H groups in total. The largest absolute Gasteiger partial charge is 0.373 e. The number of fused-ring (bicyclic) bond motifs is 1. The summed E-state index contributed by atoms with van der Waals surface area (Å²) in [5, 5.41) is 2.19. The standard InChI is InChI=1S/C19H22N4O5/c1-10(20)15-9-22(6-7-28-15)11-2-3-12-13(8-11)19(27)23(18(12)26)14-4-5-16(24)21-17(14)25/h2-3,8,10,14-15H,4-7,9,20H2,1H3,(H,21,24,25). The molecule has 3 unspecified atom stereocenters. The van der Waals surface area contributed by atoms with E-state index in [1.165, 1.54) is 0 Å². The molecule has 3 atom stereocenters. The zero-order valence-electron chi connectivity index (χ0n) is 15.5. The normalized spacial score (nSPS) is 26.4. The Labute approximate surface area is 161 Å². The summed E-state index contributed by atoms with van der Waals surface area (Å²) >= 11 is 0. The molecule has 0 saturated carbocycles. The first-order chi connectivity index (χ1) is 13.4. The minimum atomic E-state index is -0.959. The third-order valence-electron chi connectivity index (χ3n) is 5.47. The van der Waals surface area contributed by atoms with Crippen molar-refractivity contribution >= 4 is 29.3 Å². The summed E-state index contributed by atoms with van der Waals surface area (Å²) in [5.41, 5.74) is 7.29. The SMILES string of the molecule is CC(N)C1CN(c2ccc3c(c2)C(=O)N(C2CCC(=O)NC2=O)C3=O)CCO1. The van der Waals surface area contributed by atoms with Crippen LogP contribution in [0.2, 0.25) is 0 Å². The van der Waals surface area contributed by atoms with Crippen LogP contribution in [0.1, 0.15) is 40.5 Å². The van der Waals surface area contributed by atoms with Crippen molar-refractivity contribution in [2.45, 2.75) is 38.0 Å². The molecule has 2 fully saturated rings. The van der Waals surface area contributed by atoms with E-state index in [2.05, 4.69) is 10.2 Å². The maximum Gasteiger partial charge on any atom is 0.262 e. The zero-order chi connectivity index (χ0) is 20.0. The Bertz CT molecular complexity index is 868. The molecule has 4 rings (SSSR count). The number of rotatable bonds is 3. The number of hydrogen-bond donors (Lipinski definition) is 2. The zero-order valence-corrected chi connectivity index (χ0v) is 15.5. The fraction of sp³-hybridized carbons (Fsp3) is 0.474. The highest BCUT2D eigenvalue weighted by Crippen LogP contribution is 2.31. The van der Waals surface area contributed by atoms with Gasteiger partial charge in [0.05, 0.1) is 23.8 Å². The van der Waals surface area contributed by atoms with E-state index in [1.807, 2.05) is 6.92 Å². The van der Waals surface area contributed by atoms with Gasteiger partial charge in [-0.25, -0.2) is 0 Å². The lowest BCUT2D eigenvalue weighted by Gasteiger charge is -2.36. The average Bonchev–Trinajstić information content (AvgIpc) is 2.92. The van der Waals surface area contributed by atoms with Crippen molar-refractivity contribution in [1.82, 2.24) is 10.2 Å². The van der Waals surface area contributed by atoms with Crippen molar-refractivity contribution < 1.29 is 23.9 Å². The predicted molar refractivity (Wildman–Crippen MR) is 98.7 cm³/mol. The van der Waals surface area contributed by atoms with Gasteiger partial charge in [-0.3, -0.25) is 29.4 Å². The molecule has 9 heteroatoms. The molecule has 3 heterocycles. The number of piperidine rings is 1. The van der Waals surface area contributed by atoms with Crippen LogP contribution < -0.4 is 16.0 Å². The molecule has 0 aromatic heterocycles. The Kier molecular flexibility index (Phi) is 4.64. The van der Waals surface area contributed by atoms with E-state index in [0.717, 1.165) is 10.6 Å². The third kappa shape index (κ3) is 3.06. The number of carbonyl (C=O) groups is 4. The van der Waals surface area contributed by atoms with Crippen LogP contribution in [0.3, 0.4) is 0 Å². The van der Waals surface area contributed by atoms with E-state index in [-0.39, 0.29) is 36.1 Å². The topological polar surface area (TPSA) is 122 Å². The van der Waals surface area contributed by atoms with Gasteiger partial charge >= 0.3 is 0 Å². The fourth-order valence-corrected chi connectivity index (χ4v) is 3.88. The van der Waals surface area contributed by atoms with Crippen LogP contribution in [0.5, 0.6) is 0 Å². The maximum absolute atomic E-state index is 12.9. The number of carbonyl (C=O) groups excluding carboxylic acids is 4. The Morgan fingerprint density at radius 1 is 1.18 bits per heavy atom. The molecule has 3 aliphatic heterocycles. The number of nitrogens with one attached hydrogen (secondary N) is 1. The van der Waals surface area contributed by atoms with Crippen molar-refractivity contribution in [3.63, 3.8) is 0 Å². The molecule has 28 heavy (non-hydrogen) atoms. The molecular weight excluding hydrogens is 364 g/mol. The summed E-state index contributed by atoms with van der Waals surface area (Å²) in [5.74, 6) is -2.01. The summed E-state index contributed by atoms with van der Waals surface area (Å²) in [6.45, 7) is 3.66. The first-order valence-corrected chi connectivity index (χ1v) is 9.34. The van der Waals surface area contributed by atoms with Gasteiger partial charge in [-0.15, -0.1) is 0 Å². The number of ether oxygens (including phenoxy) is 1. The summed E-state index contributed by atoms with van der Waals surface area (Å²) in [6, 6.07) is 4.02. The van der Waals surface area contributed by atoms with Gasteiger partial charge in [0.1, 0.15) is 6.04 Å². The highest BCUT2D eigenvalue weighted by Gasteiger charge is 2.44. The highest BCUT2D eigenvalue weighted by molar-refractivity contribution is 6.23. The van der Waals surface area contributed by atoms with E-state index in [0.29, 0.717) is 19.7 Å². The van der Waals surface area contributed by atoms with Gasteiger partial charge in [0, 0.05) is 31.2 Å². The molecule has 0 bridgehead atoms. The Balaban J connectivity index is 1.59. The quantitative estimate of drug-likeness (QED) is 0.680. The van der Waals surface area contributed by atoms with Gasteiger partial charge < -0.3 is 15.4 Å². The molecule has 3 aliphatic rings. The fourth-order valence-electron chi connectivity index (χ4n) is 3.88. The van der Waals surface area contributed by atoms with Gasteiger partial charge in [0.2, 0.25) is 11.8 Å². The molecule has 4 amide bonds. The number of morpholine rings is 1. The van der Waals surface area contributed by atoms with Crippen molar-refractivity contribution in [3.8, 4) is 0 Å². The second-order valence-corrected chi connectivity index (χ2v) is 7.39. The number of hydrogen-bond acceptors (Lipinski definition) is 7. The van der Waals surface area contributed by atoms with Gasteiger partial charge in [-0.1, -0.05) is 0 Å². The number of imide groups is 2. The number of amides is 4. The minimum Gasteiger partial charge on any atom is -0.373 e. The van der Waals surface area contributed by atoms with Crippen LogP contribution >= 0.6 is 0 Å². The van der Waals surface area contributed by atoms with Gasteiger partial charge in [-0.2, -0.15) is 0 Å². The minimum absolute atomic E-state index is 0.0987. The van der Waals surface area contributed by atoms with Crippen molar-refractivity contribution in [2.75, 3.05) is 24.6 Å². The van der Waals surface area contributed by atoms with E-state index in [1.54, 1.807) is 18.2 Å². The van der Waals surface area contributed by atoms with Crippen molar-refractivity contribution in [3.05, 3.63) is 29.3 Å². The molecular formula is C19H22N4O5. The van der Waals surface area contributed by atoms with Crippen LogP contribution in [0.4, 0.5) is 5.69 Å². The van der Waals surface area contributed by atoms with Crippen LogP contribution in [0.25, 0.3) is 0 Å². The molecule has 1 aromatic rings. The Hall–Kier alpha value is -2.78. The Morgan fingerprint density at radius 2 is 1.93 bits per heavy atom. The molecule has 1 aromatic carbocycles. The smallest absolute Gasteiger partial charge is 0.262 e. The first-order valence-electron chi connectivity index (χ1n) is 9.34. The highest BCUT2D eigenvalue weighted by atomic mass is 16.5. The molecule has 2 saturated heterocycles. The van der Waals surface area contributed by atoms with E-state index < -0.39 is 29.7 Å². The molecule has 9 nitrogen and oxygen atoms in total. The average molecular weight is 386 g/mol. The number of benzene rings is 1. The second-order valence-electron chi connectivity index (χ2n) is 7.39. The predicted octanol–water partition coefficient (Wildman–Crippen LogP) is -0.360. The van der Waals surface area contributed by atoms with Crippen molar-refractivity contribution in [1.29, 1.82) is 0 Å². The lowest BCUT2D eigenvalue weighted by atomic mass is 10.0. The molecule has 0 spiro atoms. The Morgan fingerprint density at radius 3 is 2.64 bits per heavy atom. The number of nitrogens with two attached hydrogens (primary N) is 1. The number of nitrogens with zero attached hydrogens (tertiary/aromatic N) is 2. The van der Waals surface area contributed by atoms with E-state index in [4.69, 9.17) is 10.5 Å². The van der Waals surface area contributed by atoms with E-state index in [9.17, 15) is 19.2 Å². The lowest BCUT2D eigenvalue weighted by molar-refractivity contribution is -0.136. The van der Waals surface area contributed by atoms with Crippen LogP contribution in [-0.2, 0) is 14.3 Å². The summed E-state index contributed by atoms with van der Waals surface area (Å²) < 4.78 is 5.67. The second kappa shape index (κ2) is 6.99.